The van der Waals surface area contributed by atoms with E-state index in [0.29, 0.717) is 37.1 Å². The number of rotatable bonds is 6. The van der Waals surface area contributed by atoms with E-state index in [-0.39, 0.29) is 11.1 Å². The highest BCUT2D eigenvalue weighted by molar-refractivity contribution is 7.99. The van der Waals surface area contributed by atoms with Crippen LogP contribution < -0.4 is 11.1 Å². The molecule has 0 bridgehead atoms. The van der Waals surface area contributed by atoms with Crippen LogP contribution in [0.2, 0.25) is 10.0 Å². The van der Waals surface area contributed by atoms with Gasteiger partial charge in [-0.25, -0.2) is 4.98 Å². The molecule has 0 aliphatic rings. The Balaban J connectivity index is 1.55. The number of hydrogen-bond donors (Lipinski definition) is 2. The van der Waals surface area contributed by atoms with E-state index in [9.17, 15) is 9.59 Å². The summed E-state index contributed by atoms with van der Waals surface area (Å²) in [4.78, 5) is 37.3. The molecule has 35 heavy (non-hydrogen) atoms. The number of H-pyrrole nitrogens is 2. The van der Waals surface area contributed by atoms with E-state index in [0.717, 1.165) is 33.2 Å². The van der Waals surface area contributed by atoms with Crippen LogP contribution in [0.4, 0.5) is 0 Å². The van der Waals surface area contributed by atoms with Crippen LogP contribution in [-0.2, 0) is 5.75 Å². The monoisotopic (exact) mass is 537 g/mol. The molecule has 0 amide bonds. The first-order chi connectivity index (χ1) is 17.0. The van der Waals surface area contributed by atoms with E-state index in [4.69, 9.17) is 23.2 Å². The molecule has 2 N–H and O–H groups in total. The number of thioether (sulfide) groups is 1. The van der Waals surface area contributed by atoms with Gasteiger partial charge in [-0.1, -0.05) is 53.5 Å². The van der Waals surface area contributed by atoms with Gasteiger partial charge in [0, 0.05) is 43.2 Å². The third-order valence-electron chi connectivity index (χ3n) is 5.17. The van der Waals surface area contributed by atoms with Gasteiger partial charge in [0.15, 0.2) is 5.16 Å². The normalized spacial score (nSPS) is 11.1. The maximum Gasteiger partial charge on any atom is 0.263 e. The first-order valence-corrected chi connectivity index (χ1v) is 13.1. The van der Waals surface area contributed by atoms with Crippen LogP contribution in [0.3, 0.4) is 0 Å². The van der Waals surface area contributed by atoms with Gasteiger partial charge in [-0.15, -0.1) is 11.8 Å². The summed E-state index contributed by atoms with van der Waals surface area (Å²) in [7, 11) is 0. The van der Waals surface area contributed by atoms with Crippen molar-refractivity contribution in [1.82, 2.24) is 15.0 Å². The fraction of sp³-hybridized carbons (Fsp3) is 0.0385. The van der Waals surface area contributed by atoms with Crippen LogP contribution in [-0.4, -0.2) is 15.0 Å². The molecule has 9 heteroatoms. The van der Waals surface area contributed by atoms with Gasteiger partial charge in [-0.05, 0) is 59.8 Å². The van der Waals surface area contributed by atoms with Gasteiger partial charge in [-0.3, -0.25) is 9.59 Å². The highest BCUT2D eigenvalue weighted by Crippen LogP contribution is 2.37. The number of aromatic amines is 2. The summed E-state index contributed by atoms with van der Waals surface area (Å²) in [5, 5.41) is 2.37. The lowest BCUT2D eigenvalue weighted by Crippen LogP contribution is -2.13. The Hall–Kier alpha value is -2.97. The summed E-state index contributed by atoms with van der Waals surface area (Å²) in [6, 6.07) is 23.9. The van der Waals surface area contributed by atoms with Gasteiger partial charge in [0.05, 0.1) is 10.6 Å². The molecule has 0 saturated carbocycles. The van der Waals surface area contributed by atoms with E-state index in [1.54, 1.807) is 23.9 Å². The van der Waals surface area contributed by atoms with Crippen LogP contribution in [0.5, 0.6) is 0 Å². The highest BCUT2D eigenvalue weighted by Gasteiger charge is 2.18. The van der Waals surface area contributed by atoms with Crippen molar-refractivity contribution in [3.8, 4) is 11.1 Å². The van der Waals surface area contributed by atoms with E-state index in [1.165, 1.54) is 6.07 Å². The quantitative estimate of drug-likeness (QED) is 0.179. The minimum Gasteiger partial charge on any atom is -0.321 e. The highest BCUT2D eigenvalue weighted by atomic mass is 35.5. The number of fused-ring (bicyclic) bond motifs is 1. The molecule has 5 rings (SSSR count). The fourth-order valence-electron chi connectivity index (χ4n) is 3.63. The lowest BCUT2D eigenvalue weighted by atomic mass is 10.0. The predicted octanol–water partition coefficient (Wildman–Crippen LogP) is 7.03. The van der Waals surface area contributed by atoms with Crippen LogP contribution >= 0.6 is 46.7 Å². The molecule has 3 aromatic carbocycles. The van der Waals surface area contributed by atoms with Crippen molar-refractivity contribution in [1.29, 1.82) is 0 Å². The first-order valence-electron chi connectivity index (χ1n) is 10.5. The van der Waals surface area contributed by atoms with Gasteiger partial charge >= 0.3 is 0 Å². The van der Waals surface area contributed by atoms with Crippen molar-refractivity contribution in [2.75, 3.05) is 0 Å². The Morgan fingerprint density at radius 1 is 0.829 bits per heavy atom. The Morgan fingerprint density at radius 2 is 1.57 bits per heavy atom. The van der Waals surface area contributed by atoms with Crippen LogP contribution in [0.25, 0.3) is 22.0 Å². The number of pyridine rings is 1. The lowest BCUT2D eigenvalue weighted by Gasteiger charge is -2.13. The summed E-state index contributed by atoms with van der Waals surface area (Å²) in [6.07, 6.45) is 0. The average molecular weight is 538 g/mol. The molecule has 0 fully saturated rings. The molecule has 0 aliphatic heterocycles. The minimum atomic E-state index is -0.282. The second-order valence-electron chi connectivity index (χ2n) is 7.60. The van der Waals surface area contributed by atoms with Gasteiger partial charge in [0.25, 0.3) is 11.1 Å². The molecule has 0 spiro atoms. The van der Waals surface area contributed by atoms with Crippen molar-refractivity contribution >= 4 is 57.6 Å². The second-order valence-corrected chi connectivity index (χ2v) is 10.5. The summed E-state index contributed by atoms with van der Waals surface area (Å²) in [5.41, 5.74) is 2.34. The van der Waals surface area contributed by atoms with Crippen LogP contribution in [0.1, 0.15) is 5.69 Å². The first kappa shape index (κ1) is 23.8. The zero-order valence-electron chi connectivity index (χ0n) is 18.0. The second kappa shape index (κ2) is 10.3. The van der Waals surface area contributed by atoms with Gasteiger partial charge in [-0.2, -0.15) is 0 Å². The molecule has 0 atom stereocenters. The number of hydrogen-bond acceptors (Lipinski definition) is 5. The zero-order chi connectivity index (χ0) is 24.4. The summed E-state index contributed by atoms with van der Waals surface area (Å²) >= 11 is 14.9. The summed E-state index contributed by atoms with van der Waals surface area (Å²) in [6.45, 7) is 0. The SMILES string of the molecule is O=c1cc(CSc2ccc(Cl)cc2)nc(Sc2c(-c3ccccc3)c3cc(Cl)ccc3[nH]c2=O)[nH]1. The van der Waals surface area contributed by atoms with Crippen molar-refractivity contribution in [2.24, 2.45) is 0 Å². The van der Waals surface area contributed by atoms with E-state index in [2.05, 4.69) is 15.0 Å². The third kappa shape index (κ3) is 5.49. The third-order valence-corrected chi connectivity index (χ3v) is 7.68. The molecule has 2 aromatic heterocycles. The molecule has 5 aromatic rings. The molecule has 174 valence electrons. The molecule has 0 unspecified atom stereocenters. The number of halogens is 2. The molecule has 0 radical (unpaired) electrons. The Kier molecular flexibility index (Phi) is 7.02. The average Bonchev–Trinajstić information content (AvgIpc) is 2.85. The minimum absolute atomic E-state index is 0.271. The number of aromatic nitrogens is 3. The number of nitrogens with one attached hydrogen (secondary N) is 2. The maximum absolute atomic E-state index is 13.2. The smallest absolute Gasteiger partial charge is 0.263 e. The largest absolute Gasteiger partial charge is 0.321 e. The Labute approximate surface area is 218 Å². The molecular formula is C26H17Cl2N3O2S2. The zero-order valence-corrected chi connectivity index (χ0v) is 21.2. The fourth-order valence-corrected chi connectivity index (χ4v) is 5.70. The van der Waals surface area contributed by atoms with Crippen LogP contribution in [0.15, 0.2) is 103 Å². The van der Waals surface area contributed by atoms with E-state index < -0.39 is 0 Å². The molecular weight excluding hydrogens is 521 g/mol. The molecule has 0 aliphatic carbocycles. The number of nitrogens with zero attached hydrogens (tertiary/aromatic N) is 1. The van der Waals surface area contributed by atoms with Crippen molar-refractivity contribution in [3.05, 3.63) is 115 Å². The molecule has 0 saturated heterocycles. The molecule has 2 heterocycles. The molecule has 5 nitrogen and oxygen atoms in total. The van der Waals surface area contributed by atoms with Crippen molar-refractivity contribution in [3.63, 3.8) is 0 Å². The van der Waals surface area contributed by atoms with Gasteiger partial charge in [0.2, 0.25) is 0 Å². The van der Waals surface area contributed by atoms with E-state index >= 15 is 0 Å². The Bertz CT molecular complexity index is 1640. The lowest BCUT2D eigenvalue weighted by molar-refractivity contribution is 0.899. The van der Waals surface area contributed by atoms with Gasteiger partial charge in [0.1, 0.15) is 0 Å². The summed E-state index contributed by atoms with van der Waals surface area (Å²) in [5.74, 6) is 0.494. The van der Waals surface area contributed by atoms with Gasteiger partial charge < -0.3 is 9.97 Å². The standard InChI is InChI=1S/C26H17Cl2N3O2S2/c27-16-6-9-19(10-7-16)34-14-18-13-22(32)31-26(29-18)35-24-23(15-4-2-1-3-5-15)20-12-17(28)8-11-21(20)30-25(24)33/h1-13H,14H2,(H,30,33)(H,29,31,32). The van der Waals surface area contributed by atoms with Crippen molar-refractivity contribution < 1.29 is 0 Å². The Morgan fingerprint density at radius 3 is 2.34 bits per heavy atom. The van der Waals surface area contributed by atoms with Crippen LogP contribution in [0, 0.1) is 0 Å². The number of benzene rings is 3. The maximum atomic E-state index is 13.2. The predicted molar refractivity (Wildman–Crippen MR) is 145 cm³/mol. The van der Waals surface area contributed by atoms with Crippen molar-refractivity contribution in [2.45, 2.75) is 20.7 Å². The van der Waals surface area contributed by atoms with E-state index in [1.807, 2.05) is 60.7 Å². The summed E-state index contributed by atoms with van der Waals surface area (Å²) < 4.78 is 0. The topological polar surface area (TPSA) is 78.6 Å².